The molecule has 2 rings (SSSR count). The van der Waals surface area contributed by atoms with Crippen LogP contribution in [0.4, 0.5) is 0 Å². The standard InChI is InChI=1S/C10H16N2O2/c1-7-9(12-14-10(7)13)5-8-3-2-4-11-6-8/h8,11-12H,2-6H2,1H3. The average Bonchev–Trinajstić information content (AvgIpc) is 2.52. The maximum atomic E-state index is 11.1. The topological polar surface area (TPSA) is 58.0 Å². The molecule has 14 heavy (non-hydrogen) atoms. The summed E-state index contributed by atoms with van der Waals surface area (Å²) in [6.07, 6.45) is 3.38. The molecule has 1 unspecified atom stereocenters. The van der Waals surface area contributed by atoms with E-state index in [4.69, 9.17) is 4.52 Å². The van der Waals surface area contributed by atoms with Crippen molar-refractivity contribution < 1.29 is 4.52 Å². The van der Waals surface area contributed by atoms with Gasteiger partial charge in [-0.3, -0.25) is 0 Å². The second-order valence-corrected chi connectivity index (χ2v) is 4.01. The first kappa shape index (κ1) is 9.52. The van der Waals surface area contributed by atoms with E-state index in [9.17, 15) is 4.79 Å². The van der Waals surface area contributed by atoms with E-state index < -0.39 is 0 Å². The molecule has 1 saturated heterocycles. The third-order valence-electron chi connectivity index (χ3n) is 2.92. The Morgan fingerprint density at radius 2 is 2.43 bits per heavy atom. The molecule has 1 fully saturated rings. The highest BCUT2D eigenvalue weighted by atomic mass is 16.5. The first-order valence-electron chi connectivity index (χ1n) is 5.15. The number of piperidine rings is 1. The number of aromatic amines is 1. The van der Waals surface area contributed by atoms with Gasteiger partial charge in [-0.15, -0.1) is 0 Å². The fraction of sp³-hybridized carbons (Fsp3) is 0.700. The molecule has 0 amide bonds. The Kier molecular flexibility index (Phi) is 2.72. The zero-order chi connectivity index (χ0) is 9.97. The molecule has 0 bridgehead atoms. The average molecular weight is 196 g/mol. The van der Waals surface area contributed by atoms with E-state index in [-0.39, 0.29) is 5.63 Å². The van der Waals surface area contributed by atoms with Gasteiger partial charge < -0.3 is 9.84 Å². The van der Waals surface area contributed by atoms with E-state index in [1.54, 1.807) is 0 Å². The Labute approximate surface area is 82.7 Å². The molecule has 0 radical (unpaired) electrons. The Morgan fingerprint density at radius 1 is 1.57 bits per heavy atom. The molecule has 78 valence electrons. The van der Waals surface area contributed by atoms with Gasteiger partial charge in [0.1, 0.15) is 0 Å². The summed E-state index contributed by atoms with van der Waals surface area (Å²) in [6.45, 7) is 3.98. The summed E-state index contributed by atoms with van der Waals surface area (Å²) in [7, 11) is 0. The molecule has 1 aliphatic heterocycles. The van der Waals surface area contributed by atoms with Gasteiger partial charge >= 0.3 is 5.63 Å². The first-order valence-corrected chi connectivity index (χ1v) is 5.15. The third kappa shape index (κ3) is 1.90. The predicted molar refractivity (Wildman–Crippen MR) is 53.4 cm³/mol. The van der Waals surface area contributed by atoms with Crippen molar-refractivity contribution in [3.63, 3.8) is 0 Å². The number of H-pyrrole nitrogens is 1. The van der Waals surface area contributed by atoms with Crippen LogP contribution in [0.3, 0.4) is 0 Å². The van der Waals surface area contributed by atoms with E-state index in [0.717, 1.165) is 30.8 Å². The summed E-state index contributed by atoms with van der Waals surface area (Å²) < 4.78 is 4.74. The molecule has 4 heteroatoms. The van der Waals surface area contributed by atoms with Crippen LogP contribution in [0.1, 0.15) is 24.1 Å². The van der Waals surface area contributed by atoms with Crippen molar-refractivity contribution in [1.82, 2.24) is 10.5 Å². The highest BCUT2D eigenvalue weighted by Gasteiger charge is 2.16. The lowest BCUT2D eigenvalue weighted by atomic mass is 9.94. The predicted octanol–water partition coefficient (Wildman–Crippen LogP) is 0.818. The molecule has 0 spiro atoms. The zero-order valence-electron chi connectivity index (χ0n) is 8.43. The third-order valence-corrected chi connectivity index (χ3v) is 2.92. The monoisotopic (exact) mass is 196 g/mol. The Hall–Kier alpha value is -1.03. The highest BCUT2D eigenvalue weighted by Crippen LogP contribution is 2.15. The number of hydrogen-bond donors (Lipinski definition) is 2. The fourth-order valence-electron chi connectivity index (χ4n) is 1.97. The SMILES string of the molecule is Cc1c(CC2CCCNC2)[nH]oc1=O. The van der Waals surface area contributed by atoms with Crippen molar-refractivity contribution in [3.8, 4) is 0 Å². The fourth-order valence-corrected chi connectivity index (χ4v) is 1.97. The Morgan fingerprint density at radius 3 is 3.00 bits per heavy atom. The van der Waals surface area contributed by atoms with Gasteiger partial charge in [-0.25, -0.2) is 9.95 Å². The molecule has 1 aromatic heterocycles. The number of nitrogens with one attached hydrogen (secondary N) is 2. The molecule has 1 aromatic rings. The smallest absolute Gasteiger partial charge is 0.339 e. The second kappa shape index (κ2) is 4.00. The second-order valence-electron chi connectivity index (χ2n) is 4.01. The summed E-state index contributed by atoms with van der Waals surface area (Å²) in [6, 6.07) is 0. The van der Waals surface area contributed by atoms with Crippen LogP contribution in [-0.2, 0) is 6.42 Å². The van der Waals surface area contributed by atoms with E-state index in [0.29, 0.717) is 5.92 Å². The maximum Gasteiger partial charge on any atom is 0.360 e. The zero-order valence-corrected chi connectivity index (χ0v) is 8.43. The van der Waals surface area contributed by atoms with Crippen molar-refractivity contribution in [3.05, 3.63) is 21.7 Å². The van der Waals surface area contributed by atoms with Gasteiger partial charge in [0.2, 0.25) is 0 Å². The molecular weight excluding hydrogens is 180 g/mol. The Balaban J connectivity index is 2.02. The number of aromatic nitrogens is 1. The van der Waals surface area contributed by atoms with Gasteiger partial charge in [0.05, 0.1) is 11.3 Å². The lowest BCUT2D eigenvalue weighted by Crippen LogP contribution is -2.31. The summed E-state index contributed by atoms with van der Waals surface area (Å²) in [5.74, 6) is 0.635. The number of hydrogen-bond acceptors (Lipinski definition) is 3. The normalized spacial score (nSPS) is 22.5. The van der Waals surface area contributed by atoms with E-state index in [2.05, 4.69) is 10.5 Å². The molecule has 0 saturated carbocycles. The van der Waals surface area contributed by atoms with Crippen LogP contribution in [-0.4, -0.2) is 18.2 Å². The van der Waals surface area contributed by atoms with E-state index >= 15 is 0 Å². The molecule has 1 aliphatic rings. The molecule has 2 heterocycles. The van der Waals surface area contributed by atoms with Crippen LogP contribution >= 0.6 is 0 Å². The van der Waals surface area contributed by atoms with Crippen molar-refractivity contribution in [2.75, 3.05) is 13.1 Å². The largest absolute Gasteiger partial charge is 0.360 e. The van der Waals surface area contributed by atoms with Crippen molar-refractivity contribution in [1.29, 1.82) is 0 Å². The van der Waals surface area contributed by atoms with Gasteiger partial charge in [0.15, 0.2) is 0 Å². The number of rotatable bonds is 2. The quantitative estimate of drug-likeness (QED) is 0.736. The van der Waals surface area contributed by atoms with E-state index in [1.165, 1.54) is 12.8 Å². The van der Waals surface area contributed by atoms with Crippen molar-refractivity contribution >= 4 is 0 Å². The molecule has 0 aromatic carbocycles. The van der Waals surface area contributed by atoms with Gasteiger partial charge in [-0.1, -0.05) is 0 Å². The summed E-state index contributed by atoms with van der Waals surface area (Å²) in [4.78, 5) is 11.1. The van der Waals surface area contributed by atoms with Gasteiger partial charge in [0, 0.05) is 0 Å². The molecule has 0 aliphatic carbocycles. The molecule has 4 nitrogen and oxygen atoms in total. The first-order chi connectivity index (χ1) is 6.77. The minimum absolute atomic E-state index is 0.233. The Bertz CT molecular complexity index is 347. The lowest BCUT2D eigenvalue weighted by molar-refractivity contribution is 0.352. The molecule has 2 N–H and O–H groups in total. The van der Waals surface area contributed by atoms with E-state index in [1.807, 2.05) is 6.92 Å². The van der Waals surface area contributed by atoms with Crippen LogP contribution in [0.2, 0.25) is 0 Å². The van der Waals surface area contributed by atoms with Crippen LogP contribution < -0.4 is 10.9 Å². The van der Waals surface area contributed by atoms with Crippen LogP contribution in [0.5, 0.6) is 0 Å². The highest BCUT2D eigenvalue weighted by molar-refractivity contribution is 5.13. The van der Waals surface area contributed by atoms with Crippen LogP contribution in [0.15, 0.2) is 9.32 Å². The van der Waals surface area contributed by atoms with Crippen LogP contribution in [0, 0.1) is 12.8 Å². The van der Waals surface area contributed by atoms with Gasteiger partial charge in [-0.2, -0.15) is 0 Å². The molecule has 1 atom stereocenters. The lowest BCUT2D eigenvalue weighted by Gasteiger charge is -2.21. The summed E-state index contributed by atoms with van der Waals surface area (Å²) in [5, 5.41) is 6.06. The summed E-state index contributed by atoms with van der Waals surface area (Å²) >= 11 is 0. The van der Waals surface area contributed by atoms with Crippen molar-refractivity contribution in [2.45, 2.75) is 26.2 Å². The minimum Gasteiger partial charge on any atom is -0.339 e. The molecular formula is C10H16N2O2. The van der Waals surface area contributed by atoms with Gasteiger partial charge in [-0.05, 0) is 45.2 Å². The summed E-state index contributed by atoms with van der Waals surface area (Å²) in [5.41, 5.74) is 1.46. The van der Waals surface area contributed by atoms with Gasteiger partial charge in [0.25, 0.3) is 0 Å². The van der Waals surface area contributed by atoms with Crippen molar-refractivity contribution in [2.24, 2.45) is 5.92 Å². The van der Waals surface area contributed by atoms with Crippen LogP contribution in [0.25, 0.3) is 0 Å². The minimum atomic E-state index is -0.233. The maximum absolute atomic E-state index is 11.1.